The van der Waals surface area contributed by atoms with Crippen LogP contribution in [0.1, 0.15) is 28.8 Å². The molecule has 0 saturated carbocycles. The van der Waals surface area contributed by atoms with Crippen LogP contribution in [0.15, 0.2) is 65.8 Å². The molecule has 1 amide bonds. The summed E-state index contributed by atoms with van der Waals surface area (Å²) in [5.74, 6) is 0.952. The highest BCUT2D eigenvalue weighted by Crippen LogP contribution is 2.27. The van der Waals surface area contributed by atoms with Crippen LogP contribution in [-0.4, -0.2) is 66.8 Å². The predicted molar refractivity (Wildman–Crippen MR) is 133 cm³/mol. The Hall–Kier alpha value is -3.69. The van der Waals surface area contributed by atoms with E-state index in [1.54, 1.807) is 23.2 Å². The van der Waals surface area contributed by atoms with Gasteiger partial charge in [0, 0.05) is 24.6 Å². The normalized spacial score (nSPS) is 24.7. The van der Waals surface area contributed by atoms with Gasteiger partial charge in [-0.1, -0.05) is 24.3 Å². The maximum Gasteiger partial charge on any atom is 0.257 e. The Balaban J connectivity index is 1.44. The number of amides is 1. The number of piperidine rings is 1. The summed E-state index contributed by atoms with van der Waals surface area (Å²) in [4.78, 5) is 20.0. The number of hydrogen-bond acceptors (Lipinski definition) is 7. The number of fused-ring (bicyclic) bond motifs is 9. The molecule has 2 aromatic carbocycles. The summed E-state index contributed by atoms with van der Waals surface area (Å²) in [5, 5.41) is 31.1. The Bertz CT molecular complexity index is 1330. The van der Waals surface area contributed by atoms with E-state index in [-0.39, 0.29) is 11.8 Å². The number of amidine groups is 1. The van der Waals surface area contributed by atoms with E-state index in [1.807, 2.05) is 47.0 Å². The largest absolute Gasteiger partial charge is 0.391 e. The molecule has 1 unspecified atom stereocenters. The minimum Gasteiger partial charge on any atom is -0.391 e. The molecule has 9 heteroatoms. The molecule has 180 valence electrons. The van der Waals surface area contributed by atoms with Gasteiger partial charge in [-0.05, 0) is 54.8 Å². The SMILES string of the molecule is O=C1Nc2nc3ccccc3n2C[C@H](O)[C@@H]2CCCN(C2)C2=NN(Cc3cccc1c3)C(O)C=C2. The monoisotopic (exact) mass is 472 g/mol. The molecule has 3 aromatic rings. The van der Waals surface area contributed by atoms with Gasteiger partial charge in [-0.3, -0.25) is 15.1 Å². The first-order chi connectivity index (χ1) is 17.0. The van der Waals surface area contributed by atoms with Crippen molar-refractivity contribution in [3.8, 4) is 0 Å². The Labute approximate surface area is 203 Å². The number of carbonyl (C=O) groups excluding carboxylic acids is 1. The van der Waals surface area contributed by atoms with Crippen LogP contribution in [0.25, 0.3) is 11.0 Å². The predicted octanol–water partition coefficient (Wildman–Crippen LogP) is 2.38. The van der Waals surface area contributed by atoms with Gasteiger partial charge in [-0.15, -0.1) is 0 Å². The van der Waals surface area contributed by atoms with E-state index in [0.29, 0.717) is 31.1 Å². The average molecular weight is 473 g/mol. The number of para-hydroxylation sites is 2. The van der Waals surface area contributed by atoms with Gasteiger partial charge in [0.2, 0.25) is 5.95 Å². The smallest absolute Gasteiger partial charge is 0.257 e. The van der Waals surface area contributed by atoms with Gasteiger partial charge in [0.1, 0.15) is 5.84 Å². The highest BCUT2D eigenvalue weighted by atomic mass is 16.3. The zero-order chi connectivity index (χ0) is 23.9. The van der Waals surface area contributed by atoms with Crippen LogP contribution in [0.2, 0.25) is 0 Å². The molecule has 35 heavy (non-hydrogen) atoms. The number of nitrogens with zero attached hydrogens (tertiary/aromatic N) is 5. The zero-order valence-electron chi connectivity index (χ0n) is 19.3. The number of benzene rings is 2. The summed E-state index contributed by atoms with van der Waals surface area (Å²) < 4.78 is 1.91. The molecule has 3 atom stereocenters. The fourth-order valence-corrected chi connectivity index (χ4v) is 5.19. The summed E-state index contributed by atoms with van der Waals surface area (Å²) in [6.07, 6.45) is 3.95. The summed E-state index contributed by atoms with van der Waals surface area (Å²) >= 11 is 0. The molecular weight excluding hydrogens is 444 g/mol. The number of aliphatic hydroxyl groups excluding tert-OH is 2. The molecular formula is C26H28N6O3. The van der Waals surface area contributed by atoms with Crippen LogP contribution in [0.5, 0.6) is 0 Å². The maximum atomic E-state index is 13.2. The highest BCUT2D eigenvalue weighted by molar-refractivity contribution is 6.04. The highest BCUT2D eigenvalue weighted by Gasteiger charge is 2.30. The Morgan fingerprint density at radius 1 is 1.06 bits per heavy atom. The molecule has 3 N–H and O–H groups in total. The third-order valence-corrected chi connectivity index (χ3v) is 7.06. The Morgan fingerprint density at radius 3 is 2.86 bits per heavy atom. The molecule has 4 heterocycles. The van der Waals surface area contributed by atoms with Crippen molar-refractivity contribution in [2.75, 3.05) is 18.4 Å². The van der Waals surface area contributed by atoms with Gasteiger partial charge in [0.25, 0.3) is 5.91 Å². The van der Waals surface area contributed by atoms with Crippen LogP contribution in [0.4, 0.5) is 5.95 Å². The van der Waals surface area contributed by atoms with Gasteiger partial charge >= 0.3 is 0 Å². The van der Waals surface area contributed by atoms with E-state index in [2.05, 4.69) is 15.2 Å². The molecule has 1 fully saturated rings. The van der Waals surface area contributed by atoms with E-state index in [1.165, 1.54) is 0 Å². The van der Waals surface area contributed by atoms with E-state index >= 15 is 0 Å². The van der Waals surface area contributed by atoms with Gasteiger partial charge < -0.3 is 19.7 Å². The van der Waals surface area contributed by atoms with Crippen LogP contribution in [0.3, 0.4) is 0 Å². The quantitative estimate of drug-likeness (QED) is 0.464. The number of aliphatic hydroxyl groups is 2. The molecule has 1 aromatic heterocycles. The van der Waals surface area contributed by atoms with E-state index in [4.69, 9.17) is 5.10 Å². The first kappa shape index (κ1) is 21.8. The second kappa shape index (κ2) is 8.83. The number of hydrazone groups is 1. The van der Waals surface area contributed by atoms with Gasteiger partial charge in [-0.2, -0.15) is 5.10 Å². The minimum atomic E-state index is -0.846. The number of rotatable bonds is 0. The first-order valence-electron chi connectivity index (χ1n) is 12.1. The molecule has 3 aliphatic heterocycles. The molecule has 9 nitrogen and oxygen atoms in total. The Morgan fingerprint density at radius 2 is 1.94 bits per heavy atom. The molecule has 0 radical (unpaired) electrons. The minimum absolute atomic E-state index is 0.0329. The molecule has 3 aliphatic rings. The average Bonchev–Trinajstić information content (AvgIpc) is 3.21. The third-order valence-electron chi connectivity index (χ3n) is 7.06. The number of aromatic nitrogens is 2. The summed E-state index contributed by atoms with van der Waals surface area (Å²) in [7, 11) is 0. The second-order valence-electron chi connectivity index (χ2n) is 9.43. The fraction of sp³-hybridized carbons (Fsp3) is 0.346. The summed E-state index contributed by atoms with van der Waals surface area (Å²) in [6.45, 7) is 2.19. The number of carbonyl (C=O) groups is 1. The number of nitrogens with one attached hydrogen (secondary N) is 1. The van der Waals surface area contributed by atoms with Gasteiger partial charge in [0.05, 0.1) is 30.2 Å². The lowest BCUT2D eigenvalue weighted by Crippen LogP contribution is -2.46. The van der Waals surface area contributed by atoms with E-state index < -0.39 is 12.3 Å². The lowest BCUT2D eigenvalue weighted by Gasteiger charge is -2.38. The topological polar surface area (TPSA) is 106 Å². The molecule has 0 spiro atoms. The summed E-state index contributed by atoms with van der Waals surface area (Å²) in [5.41, 5.74) is 2.99. The van der Waals surface area contributed by atoms with Gasteiger partial charge in [-0.25, -0.2) is 4.98 Å². The first-order valence-corrected chi connectivity index (χ1v) is 12.1. The van der Waals surface area contributed by atoms with Crippen molar-refractivity contribution in [1.82, 2.24) is 19.5 Å². The number of anilines is 1. The summed E-state index contributed by atoms with van der Waals surface area (Å²) in [6, 6.07) is 15.0. The number of hydrogen-bond donors (Lipinski definition) is 3. The van der Waals surface area contributed by atoms with Crippen molar-refractivity contribution in [1.29, 1.82) is 0 Å². The molecule has 6 bridgehead atoms. The number of imidazole rings is 1. The van der Waals surface area contributed by atoms with Crippen LogP contribution >= 0.6 is 0 Å². The van der Waals surface area contributed by atoms with E-state index in [0.717, 1.165) is 41.8 Å². The van der Waals surface area contributed by atoms with Crippen molar-refractivity contribution in [2.24, 2.45) is 11.0 Å². The maximum absolute atomic E-state index is 13.2. The lowest BCUT2D eigenvalue weighted by atomic mass is 9.92. The van der Waals surface area contributed by atoms with Crippen LogP contribution in [0, 0.1) is 5.92 Å². The third kappa shape index (κ3) is 4.17. The standard InChI is InChI=1S/C26H28N6O3/c33-22-16-31-21-9-2-1-8-20(21)27-26(31)28-25(35)18-6-3-5-17(13-18)14-32-24(34)11-10-23(29-32)30-12-4-7-19(22)15-30/h1-3,5-6,8-11,13,19,22,24,33-34H,4,7,12,14-16H2,(H,27,28,35)/t19-,22+,24?/m1/s1. The molecule has 0 aliphatic carbocycles. The second-order valence-corrected chi connectivity index (χ2v) is 9.43. The van der Waals surface area contributed by atoms with Crippen LogP contribution < -0.4 is 5.32 Å². The molecule has 1 saturated heterocycles. The van der Waals surface area contributed by atoms with Crippen molar-refractivity contribution in [3.63, 3.8) is 0 Å². The van der Waals surface area contributed by atoms with Crippen molar-refractivity contribution < 1.29 is 15.0 Å². The van der Waals surface area contributed by atoms with Crippen molar-refractivity contribution in [2.45, 2.75) is 38.3 Å². The van der Waals surface area contributed by atoms with Crippen molar-refractivity contribution in [3.05, 3.63) is 71.8 Å². The van der Waals surface area contributed by atoms with Gasteiger partial charge in [0.15, 0.2) is 6.23 Å². The Kier molecular flexibility index (Phi) is 5.50. The van der Waals surface area contributed by atoms with E-state index in [9.17, 15) is 15.0 Å². The fourth-order valence-electron chi connectivity index (χ4n) is 5.19. The molecule has 6 rings (SSSR count). The lowest BCUT2D eigenvalue weighted by molar-refractivity contribution is 0.0308. The zero-order valence-corrected chi connectivity index (χ0v) is 19.3. The van der Waals surface area contributed by atoms with Crippen LogP contribution in [-0.2, 0) is 13.1 Å². The van der Waals surface area contributed by atoms with Crippen molar-refractivity contribution >= 4 is 28.7 Å².